The van der Waals surface area contributed by atoms with Crippen molar-refractivity contribution < 1.29 is 33.4 Å². The summed E-state index contributed by atoms with van der Waals surface area (Å²) in [6.07, 6.45) is 0. The van der Waals surface area contributed by atoms with Gasteiger partial charge >= 0.3 is 17.9 Å². The van der Waals surface area contributed by atoms with Crippen LogP contribution < -0.4 is 11.1 Å². The number of carbonyl (C=O) groups excluding carboxylic acids is 4. The summed E-state index contributed by atoms with van der Waals surface area (Å²) in [6.45, 7) is 21.5. The monoisotopic (exact) mass is 614 g/mol. The zero-order valence-corrected chi connectivity index (χ0v) is 28.1. The topological polar surface area (TPSA) is 147 Å². The van der Waals surface area contributed by atoms with Crippen molar-refractivity contribution in [2.45, 2.75) is 79.1 Å². The van der Waals surface area contributed by atoms with Crippen molar-refractivity contribution in [2.75, 3.05) is 91.6 Å². The third-order valence-corrected chi connectivity index (χ3v) is 6.08. The molecular weight excluding hydrogens is 556 g/mol. The molecule has 0 atom stereocenters. The third kappa shape index (κ3) is 20.3. The summed E-state index contributed by atoms with van der Waals surface area (Å²) >= 11 is 0. The Morgan fingerprint density at radius 2 is 0.791 bits per heavy atom. The summed E-state index contributed by atoms with van der Waals surface area (Å²) in [5, 5.41) is 2.81. The van der Waals surface area contributed by atoms with E-state index in [-0.39, 0.29) is 50.0 Å². The smallest absolute Gasteiger partial charge is 0.320 e. The normalized spacial score (nSPS) is 17.8. The second kappa shape index (κ2) is 17.8. The molecular formula is C30H58N6O7. The summed E-state index contributed by atoms with van der Waals surface area (Å²) < 4.78 is 16.7. The molecule has 1 heterocycles. The van der Waals surface area contributed by atoms with Gasteiger partial charge in [0.05, 0.1) is 26.2 Å². The van der Waals surface area contributed by atoms with Crippen molar-refractivity contribution in [3.63, 3.8) is 0 Å². The number of hydrogen-bond donors (Lipinski definition) is 2. The van der Waals surface area contributed by atoms with Gasteiger partial charge in [0.15, 0.2) is 0 Å². The second-order valence-corrected chi connectivity index (χ2v) is 14.0. The van der Waals surface area contributed by atoms with Crippen molar-refractivity contribution in [3.8, 4) is 0 Å². The Kier molecular flexibility index (Phi) is 16.1. The Balaban J connectivity index is 3.19. The molecule has 0 aromatic heterocycles. The summed E-state index contributed by atoms with van der Waals surface area (Å²) in [5.41, 5.74) is 3.71. The average Bonchev–Trinajstić information content (AvgIpc) is 2.80. The molecule has 0 saturated carbocycles. The summed E-state index contributed by atoms with van der Waals surface area (Å²) in [5.74, 6) is -1.16. The molecule has 0 spiro atoms. The van der Waals surface area contributed by atoms with Crippen molar-refractivity contribution in [3.05, 3.63) is 0 Å². The second-order valence-electron chi connectivity index (χ2n) is 14.0. The lowest BCUT2D eigenvalue weighted by molar-refractivity contribution is -0.158. The number of nitrogens with two attached hydrogens (primary N) is 1. The van der Waals surface area contributed by atoms with Crippen LogP contribution in [0.4, 0.5) is 0 Å². The maximum atomic E-state index is 12.8. The van der Waals surface area contributed by atoms with Gasteiger partial charge in [0, 0.05) is 65.4 Å². The lowest BCUT2D eigenvalue weighted by Gasteiger charge is -2.34. The lowest BCUT2D eigenvalue weighted by atomic mass is 10.2. The molecule has 1 fully saturated rings. The Hall–Kier alpha value is -2.32. The molecule has 43 heavy (non-hydrogen) atoms. The van der Waals surface area contributed by atoms with Crippen LogP contribution in [-0.4, -0.2) is 152 Å². The van der Waals surface area contributed by atoms with E-state index in [0.717, 1.165) is 0 Å². The van der Waals surface area contributed by atoms with Gasteiger partial charge in [-0.1, -0.05) is 0 Å². The van der Waals surface area contributed by atoms with Gasteiger partial charge < -0.3 is 25.3 Å². The first-order valence-corrected chi connectivity index (χ1v) is 15.3. The van der Waals surface area contributed by atoms with Gasteiger partial charge in [-0.3, -0.25) is 38.8 Å². The number of ether oxygens (including phenoxy) is 3. The Bertz CT molecular complexity index is 849. The van der Waals surface area contributed by atoms with Crippen molar-refractivity contribution in [1.29, 1.82) is 0 Å². The zero-order chi connectivity index (χ0) is 32.8. The predicted octanol–water partition coefficient (Wildman–Crippen LogP) is 0.308. The van der Waals surface area contributed by atoms with Gasteiger partial charge in [-0.15, -0.1) is 0 Å². The molecule has 0 unspecified atom stereocenters. The van der Waals surface area contributed by atoms with E-state index in [1.54, 1.807) is 0 Å². The van der Waals surface area contributed by atoms with Gasteiger partial charge in [-0.2, -0.15) is 0 Å². The third-order valence-electron chi connectivity index (χ3n) is 6.08. The van der Waals surface area contributed by atoms with E-state index in [9.17, 15) is 19.2 Å². The van der Waals surface area contributed by atoms with Crippen molar-refractivity contribution in [2.24, 2.45) is 5.73 Å². The minimum absolute atomic E-state index is 0.0747. The van der Waals surface area contributed by atoms with E-state index in [2.05, 4.69) is 5.32 Å². The van der Waals surface area contributed by atoms with Gasteiger partial charge in [0.1, 0.15) is 16.8 Å². The molecule has 0 radical (unpaired) electrons. The molecule has 3 N–H and O–H groups in total. The number of hydrogen-bond acceptors (Lipinski definition) is 12. The quantitative estimate of drug-likeness (QED) is 0.258. The molecule has 0 aromatic carbocycles. The molecule has 13 heteroatoms. The van der Waals surface area contributed by atoms with Crippen LogP contribution in [0.5, 0.6) is 0 Å². The van der Waals surface area contributed by atoms with E-state index in [0.29, 0.717) is 65.4 Å². The van der Waals surface area contributed by atoms with Gasteiger partial charge in [0.2, 0.25) is 5.91 Å². The van der Waals surface area contributed by atoms with Gasteiger partial charge in [0.25, 0.3) is 0 Å². The molecule has 1 aliphatic rings. The maximum absolute atomic E-state index is 12.8. The molecule has 1 aliphatic heterocycles. The van der Waals surface area contributed by atoms with E-state index < -0.39 is 16.8 Å². The molecule has 0 bridgehead atoms. The fraction of sp³-hybridized carbons (Fsp3) is 0.867. The highest BCUT2D eigenvalue weighted by Gasteiger charge is 2.25. The van der Waals surface area contributed by atoms with E-state index in [4.69, 9.17) is 19.9 Å². The first-order chi connectivity index (χ1) is 19.7. The number of amides is 1. The highest BCUT2D eigenvalue weighted by Crippen LogP contribution is 2.11. The molecule has 1 amide bonds. The average molecular weight is 615 g/mol. The van der Waals surface area contributed by atoms with Gasteiger partial charge in [-0.05, 0) is 62.3 Å². The van der Waals surface area contributed by atoms with Crippen LogP contribution in [0.3, 0.4) is 0 Å². The van der Waals surface area contributed by atoms with E-state index >= 15 is 0 Å². The fourth-order valence-corrected chi connectivity index (χ4v) is 4.35. The number of esters is 3. The minimum Gasteiger partial charge on any atom is -0.459 e. The van der Waals surface area contributed by atoms with Crippen LogP contribution in [0, 0.1) is 0 Å². The SMILES string of the molecule is CC(C)(C)OC(=O)CN1CCN(CC(=O)NCCN)CCN(CC(=O)OC(C)(C)C)CCN(CC(=O)OC(C)(C)C)CC1. The van der Waals surface area contributed by atoms with Crippen LogP contribution in [0.2, 0.25) is 0 Å². The van der Waals surface area contributed by atoms with Crippen LogP contribution >= 0.6 is 0 Å². The Labute approximate surface area is 258 Å². The molecule has 13 nitrogen and oxygen atoms in total. The highest BCUT2D eigenvalue weighted by molar-refractivity contribution is 5.78. The highest BCUT2D eigenvalue weighted by atomic mass is 16.6. The maximum Gasteiger partial charge on any atom is 0.320 e. The van der Waals surface area contributed by atoms with Crippen LogP contribution in [0.1, 0.15) is 62.3 Å². The first kappa shape index (κ1) is 38.7. The largest absolute Gasteiger partial charge is 0.459 e. The molecule has 0 aliphatic carbocycles. The minimum atomic E-state index is -0.616. The number of rotatable bonds is 10. The van der Waals surface area contributed by atoms with Crippen molar-refractivity contribution >= 4 is 23.8 Å². The first-order valence-electron chi connectivity index (χ1n) is 15.3. The van der Waals surface area contributed by atoms with Crippen LogP contribution in [0.25, 0.3) is 0 Å². The summed E-state index contributed by atoms with van der Waals surface area (Å²) in [6, 6.07) is 0. The van der Waals surface area contributed by atoms with Crippen molar-refractivity contribution in [1.82, 2.24) is 24.9 Å². The Morgan fingerprint density at radius 3 is 1.02 bits per heavy atom. The predicted molar refractivity (Wildman–Crippen MR) is 165 cm³/mol. The summed E-state index contributed by atoms with van der Waals surface area (Å²) in [4.78, 5) is 58.8. The Morgan fingerprint density at radius 1 is 0.535 bits per heavy atom. The number of carbonyl (C=O) groups is 4. The van der Waals surface area contributed by atoms with Crippen LogP contribution in [0.15, 0.2) is 0 Å². The lowest BCUT2D eigenvalue weighted by Crippen LogP contribution is -2.50. The zero-order valence-electron chi connectivity index (χ0n) is 28.1. The fourth-order valence-electron chi connectivity index (χ4n) is 4.35. The van der Waals surface area contributed by atoms with E-state index in [1.807, 2.05) is 81.9 Å². The number of nitrogens with zero attached hydrogens (tertiary/aromatic N) is 4. The standard InChI is InChI=1S/C30H58N6O7/c1-28(2,3)41-25(38)21-34-14-12-33(20-24(37)32-11-10-31)13-15-35(22-26(39)42-29(4,5)6)17-19-36(18-16-34)23-27(40)43-30(7,8)9/h10-23,31H2,1-9H3,(H,32,37). The molecule has 0 aromatic rings. The molecule has 1 saturated heterocycles. The van der Waals surface area contributed by atoms with E-state index in [1.165, 1.54) is 0 Å². The number of nitrogens with one attached hydrogen (secondary N) is 1. The molecule has 250 valence electrons. The van der Waals surface area contributed by atoms with Crippen LogP contribution in [-0.2, 0) is 33.4 Å². The molecule has 1 rings (SSSR count). The summed E-state index contributed by atoms with van der Waals surface area (Å²) in [7, 11) is 0. The van der Waals surface area contributed by atoms with Gasteiger partial charge in [-0.25, -0.2) is 0 Å².